The molecule has 6 aromatic heterocycles. The normalized spacial score (nSPS) is 12.5. The van der Waals surface area contributed by atoms with Gasteiger partial charge in [-0.1, -0.05) is 84.9 Å². The first-order chi connectivity index (χ1) is 28.7. The van der Waals surface area contributed by atoms with Gasteiger partial charge in [0, 0.05) is 93.4 Å². The molecule has 8 aromatic carbocycles. The molecule has 6 heteroatoms. The molecule has 14 rings (SSSR count). The van der Waals surface area contributed by atoms with Crippen molar-refractivity contribution in [2.75, 3.05) is 0 Å². The van der Waals surface area contributed by atoms with E-state index in [0.717, 1.165) is 0 Å². The van der Waals surface area contributed by atoms with Crippen molar-refractivity contribution in [1.82, 2.24) is 9.13 Å². The lowest BCUT2D eigenvalue weighted by Gasteiger charge is -2.10. The molecule has 0 fully saturated rings. The largest absolute Gasteiger partial charge is 0.301 e. The molecule has 2 nitrogen and oxygen atoms in total. The predicted octanol–water partition coefficient (Wildman–Crippen LogP) is 16.7. The summed E-state index contributed by atoms with van der Waals surface area (Å²) in [5, 5.41) is 13.2. The summed E-state index contributed by atoms with van der Waals surface area (Å²) >= 11 is 7.54. The molecule has 58 heavy (non-hydrogen) atoms. The fourth-order valence-electron chi connectivity index (χ4n) is 9.56. The molecule has 0 saturated heterocycles. The SMILES string of the molecule is c1ccc2c(c1)sc1ccc(-n3c4ccc(-c5ccc6c(c5)c5c7ccccc7sc5n6-c5ccc6sc7ccccc7c6c5)cc4c4c5ccccc5sc43)cc12. The molecule has 0 bridgehead atoms. The highest BCUT2D eigenvalue weighted by Gasteiger charge is 2.22. The van der Waals surface area contributed by atoms with Gasteiger partial charge >= 0.3 is 0 Å². The maximum Gasteiger partial charge on any atom is 0.109 e. The summed E-state index contributed by atoms with van der Waals surface area (Å²) in [4.78, 5) is 2.59. The predicted molar refractivity (Wildman–Crippen MR) is 257 cm³/mol. The van der Waals surface area contributed by atoms with Crippen LogP contribution in [0.5, 0.6) is 0 Å². The third-order valence-corrected chi connectivity index (χ3v) is 16.8. The monoisotopic (exact) mass is 808 g/mol. The summed E-state index contributed by atoms with van der Waals surface area (Å²) in [6, 6.07) is 63.7. The summed E-state index contributed by atoms with van der Waals surface area (Å²) in [7, 11) is 0. The van der Waals surface area contributed by atoms with E-state index in [1.807, 2.05) is 45.3 Å². The number of thiophene rings is 4. The Bertz CT molecular complexity index is 3780. The van der Waals surface area contributed by atoms with Crippen molar-refractivity contribution in [3.63, 3.8) is 0 Å². The molecule has 0 amide bonds. The van der Waals surface area contributed by atoms with Crippen LogP contribution in [0.2, 0.25) is 0 Å². The highest BCUT2D eigenvalue weighted by atomic mass is 32.1. The lowest BCUT2D eigenvalue weighted by Crippen LogP contribution is -1.93. The number of benzene rings is 8. The van der Waals surface area contributed by atoms with Crippen molar-refractivity contribution in [3.05, 3.63) is 170 Å². The van der Waals surface area contributed by atoms with E-state index in [2.05, 4.69) is 179 Å². The molecule has 0 aliphatic rings. The zero-order valence-electron chi connectivity index (χ0n) is 30.7. The molecule has 0 aliphatic heterocycles. The van der Waals surface area contributed by atoms with Gasteiger partial charge in [-0.25, -0.2) is 0 Å². The average Bonchev–Trinajstić information content (AvgIpc) is 4.11. The zero-order chi connectivity index (χ0) is 37.6. The quantitative estimate of drug-likeness (QED) is 0.168. The molecule has 0 N–H and O–H groups in total. The summed E-state index contributed by atoms with van der Waals surface area (Å²) in [6.45, 7) is 0. The van der Waals surface area contributed by atoms with Crippen molar-refractivity contribution in [3.8, 4) is 22.5 Å². The van der Waals surface area contributed by atoms with E-state index in [9.17, 15) is 0 Å². The van der Waals surface area contributed by atoms with E-state index in [4.69, 9.17) is 0 Å². The standard InChI is InChI=1S/C52H28N2S4/c1-5-13-43-33(9-1)37-27-31(19-23-47(37)55-43)53-41-21-17-29(25-39(41)49-35-11-3-7-15-45(35)57-51(49)53)30-18-22-42-40(26-30)50-36-12-4-8-16-46(36)58-52(50)54(42)32-20-24-48-38(28-32)34-10-2-6-14-44(34)56-48/h1-28H. The molecule has 0 saturated carbocycles. The average molecular weight is 809 g/mol. The Morgan fingerprint density at radius 1 is 0.276 bits per heavy atom. The molecule has 0 unspecified atom stereocenters. The lowest BCUT2D eigenvalue weighted by atomic mass is 10.00. The summed E-state index contributed by atoms with van der Waals surface area (Å²) in [5.74, 6) is 0. The highest BCUT2D eigenvalue weighted by molar-refractivity contribution is 7.27. The molecule has 6 heterocycles. The van der Waals surface area contributed by atoms with E-state index < -0.39 is 0 Å². The molecule has 0 spiro atoms. The van der Waals surface area contributed by atoms with E-state index in [1.165, 1.54) is 125 Å². The van der Waals surface area contributed by atoms with Gasteiger partial charge in [0.2, 0.25) is 0 Å². The van der Waals surface area contributed by atoms with Crippen LogP contribution in [0.15, 0.2) is 170 Å². The van der Waals surface area contributed by atoms with E-state index >= 15 is 0 Å². The summed E-state index contributed by atoms with van der Waals surface area (Å²) in [5.41, 5.74) is 7.36. The van der Waals surface area contributed by atoms with Crippen molar-refractivity contribution < 1.29 is 0 Å². The van der Waals surface area contributed by atoms with Crippen LogP contribution in [0.4, 0.5) is 0 Å². The minimum atomic E-state index is 1.21. The Kier molecular flexibility index (Phi) is 6.38. The third-order valence-electron chi connectivity index (χ3n) is 12.1. The number of rotatable bonds is 3. The van der Waals surface area contributed by atoms with Gasteiger partial charge < -0.3 is 9.13 Å². The first kappa shape index (κ1) is 31.8. The second-order valence-corrected chi connectivity index (χ2v) is 19.5. The lowest BCUT2D eigenvalue weighted by molar-refractivity contribution is 1.20. The van der Waals surface area contributed by atoms with Gasteiger partial charge in [0.25, 0.3) is 0 Å². The minimum Gasteiger partial charge on any atom is -0.301 e. The molecule has 0 aliphatic carbocycles. The summed E-state index contributed by atoms with van der Waals surface area (Å²) < 4.78 is 13.0. The van der Waals surface area contributed by atoms with Crippen molar-refractivity contribution in [2.24, 2.45) is 0 Å². The van der Waals surface area contributed by atoms with Crippen LogP contribution in [0, 0.1) is 0 Å². The second kappa shape index (κ2) is 11.7. The van der Waals surface area contributed by atoms with Crippen LogP contribution >= 0.6 is 45.3 Å². The highest BCUT2D eigenvalue weighted by Crippen LogP contribution is 2.47. The number of fused-ring (bicyclic) bond motifs is 16. The number of nitrogens with zero attached hydrogens (tertiary/aromatic N) is 2. The van der Waals surface area contributed by atoms with Crippen molar-refractivity contribution >= 4 is 148 Å². The van der Waals surface area contributed by atoms with Gasteiger partial charge in [-0.3, -0.25) is 0 Å². The molecule has 0 radical (unpaired) electrons. The molecule has 270 valence electrons. The fourth-order valence-corrected chi connectivity index (χ4v) is 14.2. The van der Waals surface area contributed by atoms with Crippen molar-refractivity contribution in [1.29, 1.82) is 0 Å². The van der Waals surface area contributed by atoms with Gasteiger partial charge in [0.05, 0.1) is 11.0 Å². The van der Waals surface area contributed by atoms with Crippen LogP contribution in [0.3, 0.4) is 0 Å². The minimum absolute atomic E-state index is 1.21. The number of hydrogen-bond acceptors (Lipinski definition) is 4. The summed E-state index contributed by atoms with van der Waals surface area (Å²) in [6.07, 6.45) is 0. The van der Waals surface area contributed by atoms with Gasteiger partial charge in [0.1, 0.15) is 9.66 Å². The van der Waals surface area contributed by atoms with Crippen LogP contribution in [-0.2, 0) is 0 Å². The molecular formula is C52H28N2S4. The van der Waals surface area contributed by atoms with E-state index in [-0.39, 0.29) is 0 Å². The van der Waals surface area contributed by atoms with Gasteiger partial charge in [0.15, 0.2) is 0 Å². The van der Waals surface area contributed by atoms with Crippen LogP contribution < -0.4 is 0 Å². The maximum atomic E-state index is 2.50. The fraction of sp³-hybridized carbons (Fsp3) is 0. The second-order valence-electron chi connectivity index (χ2n) is 15.2. The first-order valence-electron chi connectivity index (χ1n) is 19.5. The van der Waals surface area contributed by atoms with E-state index in [1.54, 1.807) is 0 Å². The smallest absolute Gasteiger partial charge is 0.109 e. The Hall–Kier alpha value is -6.28. The molecule has 0 atom stereocenters. The topological polar surface area (TPSA) is 9.86 Å². The molecular weight excluding hydrogens is 781 g/mol. The maximum absolute atomic E-state index is 2.50. The van der Waals surface area contributed by atoms with Gasteiger partial charge in [-0.15, -0.1) is 45.3 Å². The molecule has 14 aromatic rings. The third kappa shape index (κ3) is 4.30. The van der Waals surface area contributed by atoms with Crippen LogP contribution in [0.1, 0.15) is 0 Å². The number of aromatic nitrogens is 2. The number of hydrogen-bond donors (Lipinski definition) is 0. The van der Waals surface area contributed by atoms with Crippen LogP contribution in [-0.4, -0.2) is 9.13 Å². The van der Waals surface area contributed by atoms with E-state index in [0.29, 0.717) is 0 Å². The Morgan fingerprint density at radius 3 is 1.10 bits per heavy atom. The Balaban J connectivity index is 1.00. The van der Waals surface area contributed by atoms with Gasteiger partial charge in [-0.2, -0.15) is 0 Å². The first-order valence-corrected chi connectivity index (χ1v) is 22.8. The van der Waals surface area contributed by atoms with Crippen molar-refractivity contribution in [2.45, 2.75) is 0 Å². The Labute approximate surface area is 347 Å². The Morgan fingerprint density at radius 2 is 0.655 bits per heavy atom. The van der Waals surface area contributed by atoms with Gasteiger partial charge in [-0.05, 0) is 96.1 Å². The zero-order valence-corrected chi connectivity index (χ0v) is 34.0. The van der Waals surface area contributed by atoms with Crippen LogP contribution in [0.25, 0.3) is 125 Å².